The number of amidine groups is 1. The van der Waals surface area contributed by atoms with Crippen molar-refractivity contribution >= 4 is 32.8 Å². The van der Waals surface area contributed by atoms with Crippen molar-refractivity contribution in [1.29, 1.82) is 0 Å². The van der Waals surface area contributed by atoms with Crippen molar-refractivity contribution in [3.8, 4) is 17.1 Å². The molecule has 0 spiro atoms. The minimum atomic E-state index is -4.57. The molecular formula is C23H20F3N7O3S. The standard InChI is InChI=1S/C23H20F3N7O3S/c1-12(31-13(2)27-3)22-18-9-28-17(10-33(18)11-30-22)20-15(25)5-6-16(21(20)26)32-37(34,35)19-7-14(24)8-29-23(19)36-4/h5-11,32H,1H2,2-4H3,(H,27,31). The summed E-state index contributed by atoms with van der Waals surface area (Å²) in [6.07, 6.45) is 4.86. The Morgan fingerprint density at radius 2 is 1.92 bits per heavy atom. The second-order valence-corrected chi connectivity index (χ2v) is 9.27. The van der Waals surface area contributed by atoms with Gasteiger partial charge in [-0.3, -0.25) is 14.7 Å². The van der Waals surface area contributed by atoms with E-state index in [0.717, 1.165) is 25.4 Å². The van der Waals surface area contributed by atoms with Crippen molar-refractivity contribution in [2.24, 2.45) is 4.99 Å². The number of ether oxygens (including phenoxy) is 1. The molecule has 2 N–H and O–H groups in total. The largest absolute Gasteiger partial charge is 0.480 e. The summed E-state index contributed by atoms with van der Waals surface area (Å²) in [6.45, 7) is 5.66. The third-order valence-electron chi connectivity index (χ3n) is 5.23. The van der Waals surface area contributed by atoms with Gasteiger partial charge >= 0.3 is 0 Å². The molecule has 10 nitrogen and oxygen atoms in total. The molecule has 3 aromatic heterocycles. The van der Waals surface area contributed by atoms with E-state index in [2.05, 4.69) is 31.8 Å². The molecule has 3 heterocycles. The quantitative estimate of drug-likeness (QED) is 0.276. The van der Waals surface area contributed by atoms with Crippen LogP contribution in [0.2, 0.25) is 0 Å². The van der Waals surface area contributed by atoms with Crippen LogP contribution in [-0.2, 0) is 10.0 Å². The molecule has 0 atom stereocenters. The topological polar surface area (TPSA) is 123 Å². The van der Waals surface area contributed by atoms with E-state index < -0.39 is 49.5 Å². The molecule has 0 saturated heterocycles. The second kappa shape index (κ2) is 9.89. The molecule has 0 unspecified atom stereocenters. The third kappa shape index (κ3) is 4.95. The zero-order valence-electron chi connectivity index (χ0n) is 19.8. The lowest BCUT2D eigenvalue weighted by Crippen LogP contribution is -2.18. The van der Waals surface area contributed by atoms with Gasteiger partial charge in [0.05, 0.1) is 53.5 Å². The first kappa shape index (κ1) is 25.6. The van der Waals surface area contributed by atoms with Gasteiger partial charge in [-0.1, -0.05) is 6.58 Å². The highest BCUT2D eigenvalue weighted by Gasteiger charge is 2.26. The number of nitrogens with one attached hydrogen (secondary N) is 2. The van der Waals surface area contributed by atoms with Crippen molar-refractivity contribution in [3.63, 3.8) is 0 Å². The number of aromatic nitrogens is 4. The van der Waals surface area contributed by atoms with Crippen LogP contribution < -0.4 is 14.8 Å². The molecule has 1 aromatic carbocycles. The van der Waals surface area contributed by atoms with E-state index in [1.807, 2.05) is 4.72 Å². The first-order chi connectivity index (χ1) is 17.6. The second-order valence-electron chi connectivity index (χ2n) is 7.62. The van der Waals surface area contributed by atoms with E-state index in [1.165, 1.54) is 23.1 Å². The number of pyridine rings is 1. The molecule has 192 valence electrons. The molecule has 0 aliphatic rings. The minimum Gasteiger partial charge on any atom is -0.480 e. The summed E-state index contributed by atoms with van der Waals surface area (Å²) in [5.41, 5.74) is 0.0599. The van der Waals surface area contributed by atoms with Crippen LogP contribution in [0.4, 0.5) is 18.9 Å². The minimum absolute atomic E-state index is 0.137. The summed E-state index contributed by atoms with van der Waals surface area (Å²) in [5, 5.41) is 2.97. The van der Waals surface area contributed by atoms with E-state index in [-0.39, 0.29) is 5.69 Å². The number of aliphatic imine (C=N–C) groups is 1. The van der Waals surface area contributed by atoms with Crippen molar-refractivity contribution in [3.05, 3.63) is 72.8 Å². The Labute approximate surface area is 209 Å². The van der Waals surface area contributed by atoms with Gasteiger partial charge in [0.2, 0.25) is 5.88 Å². The Morgan fingerprint density at radius 3 is 2.62 bits per heavy atom. The van der Waals surface area contributed by atoms with Crippen LogP contribution in [0.25, 0.3) is 22.5 Å². The zero-order valence-corrected chi connectivity index (χ0v) is 20.6. The van der Waals surface area contributed by atoms with Crippen molar-refractivity contribution in [2.75, 3.05) is 18.9 Å². The number of nitrogens with zero attached hydrogens (tertiary/aromatic N) is 5. The maximum Gasteiger partial charge on any atom is 0.267 e. The van der Waals surface area contributed by atoms with Gasteiger partial charge in [0.25, 0.3) is 10.0 Å². The molecule has 37 heavy (non-hydrogen) atoms. The maximum absolute atomic E-state index is 15.5. The number of anilines is 1. The summed E-state index contributed by atoms with van der Waals surface area (Å²) in [6, 6.07) is 2.44. The van der Waals surface area contributed by atoms with Gasteiger partial charge in [-0.2, -0.15) is 0 Å². The normalized spacial score (nSPS) is 12.0. The zero-order chi connectivity index (χ0) is 26.9. The van der Waals surface area contributed by atoms with Crippen molar-refractivity contribution in [2.45, 2.75) is 11.8 Å². The molecule has 0 amide bonds. The van der Waals surface area contributed by atoms with Crippen LogP contribution in [-0.4, -0.2) is 47.8 Å². The highest BCUT2D eigenvalue weighted by Crippen LogP contribution is 2.32. The number of sulfonamides is 1. The number of fused-ring (bicyclic) bond motifs is 1. The molecule has 4 aromatic rings. The molecular weight excluding hydrogens is 511 g/mol. The van der Waals surface area contributed by atoms with Crippen LogP contribution in [0.5, 0.6) is 5.88 Å². The summed E-state index contributed by atoms with van der Waals surface area (Å²) in [7, 11) is -1.82. The van der Waals surface area contributed by atoms with Gasteiger partial charge in [-0.15, -0.1) is 0 Å². The van der Waals surface area contributed by atoms with E-state index in [9.17, 15) is 17.2 Å². The number of hydrogen-bond donors (Lipinski definition) is 2. The molecule has 4 rings (SSSR count). The Morgan fingerprint density at radius 1 is 1.16 bits per heavy atom. The van der Waals surface area contributed by atoms with Gasteiger partial charge in [0.1, 0.15) is 23.7 Å². The van der Waals surface area contributed by atoms with Gasteiger partial charge < -0.3 is 14.5 Å². The Kier molecular flexibility index (Phi) is 6.85. The predicted molar refractivity (Wildman–Crippen MR) is 131 cm³/mol. The molecule has 0 bridgehead atoms. The van der Waals surface area contributed by atoms with Crippen molar-refractivity contribution < 1.29 is 26.3 Å². The number of rotatable bonds is 7. The average Bonchev–Trinajstić information content (AvgIpc) is 3.29. The number of methoxy groups -OCH3 is 1. The van der Waals surface area contributed by atoms with Crippen LogP contribution in [0.15, 0.2) is 59.6 Å². The van der Waals surface area contributed by atoms with Crippen LogP contribution in [0.3, 0.4) is 0 Å². The summed E-state index contributed by atoms with van der Waals surface area (Å²) < 4.78 is 77.9. The molecule has 0 aliphatic carbocycles. The number of hydrogen-bond acceptors (Lipinski definition) is 7. The van der Waals surface area contributed by atoms with Gasteiger partial charge in [0.15, 0.2) is 10.7 Å². The van der Waals surface area contributed by atoms with E-state index in [1.54, 1.807) is 14.0 Å². The Balaban J connectivity index is 1.73. The van der Waals surface area contributed by atoms with Gasteiger partial charge in [0, 0.05) is 19.3 Å². The third-order valence-corrected chi connectivity index (χ3v) is 6.59. The number of halogens is 3. The van der Waals surface area contributed by atoms with E-state index in [4.69, 9.17) is 4.74 Å². The van der Waals surface area contributed by atoms with E-state index in [0.29, 0.717) is 28.8 Å². The summed E-state index contributed by atoms with van der Waals surface area (Å²) >= 11 is 0. The SMILES string of the molecule is C=C(NC(C)=NC)c1ncn2cc(-c3c(F)ccc(NS(=O)(=O)c4cc(F)cnc4OC)c3F)ncc12. The Hall–Kier alpha value is -4.46. The lowest BCUT2D eigenvalue weighted by Gasteiger charge is -2.14. The highest BCUT2D eigenvalue weighted by atomic mass is 32.2. The monoisotopic (exact) mass is 531 g/mol. The molecule has 0 radical (unpaired) electrons. The van der Waals surface area contributed by atoms with E-state index >= 15 is 4.39 Å². The van der Waals surface area contributed by atoms with Crippen LogP contribution in [0.1, 0.15) is 12.6 Å². The lowest BCUT2D eigenvalue weighted by atomic mass is 10.1. The van der Waals surface area contributed by atoms with Crippen LogP contribution in [0, 0.1) is 17.5 Å². The molecule has 14 heteroatoms. The Bertz CT molecular complexity index is 1670. The fourth-order valence-electron chi connectivity index (χ4n) is 3.41. The maximum atomic E-state index is 15.5. The first-order valence-electron chi connectivity index (χ1n) is 10.5. The van der Waals surface area contributed by atoms with Crippen LogP contribution >= 0.6 is 0 Å². The van der Waals surface area contributed by atoms with Crippen molar-refractivity contribution in [1.82, 2.24) is 24.7 Å². The summed E-state index contributed by atoms with van der Waals surface area (Å²) in [4.78, 5) is 15.3. The highest BCUT2D eigenvalue weighted by molar-refractivity contribution is 7.92. The first-order valence-corrected chi connectivity index (χ1v) is 12.0. The molecule has 0 aliphatic heterocycles. The predicted octanol–water partition coefficient (Wildman–Crippen LogP) is 3.63. The fraction of sp³-hybridized carbons (Fsp3) is 0.130. The fourth-order valence-corrected chi connectivity index (χ4v) is 4.60. The average molecular weight is 532 g/mol. The lowest BCUT2D eigenvalue weighted by molar-refractivity contribution is 0.382. The number of benzene rings is 1. The van der Waals surface area contributed by atoms with Gasteiger partial charge in [-0.05, 0) is 19.1 Å². The number of imidazole rings is 1. The molecule has 0 fully saturated rings. The van der Waals surface area contributed by atoms with Gasteiger partial charge in [-0.25, -0.2) is 31.6 Å². The molecule has 0 saturated carbocycles. The smallest absolute Gasteiger partial charge is 0.267 e. The summed E-state index contributed by atoms with van der Waals surface area (Å²) in [5.74, 6) is -2.98.